The van der Waals surface area contributed by atoms with Crippen molar-refractivity contribution in [2.75, 3.05) is 0 Å². The number of hydrogen-bond acceptors (Lipinski definition) is 2. The van der Waals surface area contributed by atoms with E-state index in [0.717, 1.165) is 0 Å². The second-order valence-corrected chi connectivity index (χ2v) is 7.20. The number of hydrogen-bond donors (Lipinski definition) is 1. The van der Waals surface area contributed by atoms with Crippen molar-refractivity contribution >= 4 is 17.6 Å². The van der Waals surface area contributed by atoms with E-state index in [0.29, 0.717) is 28.8 Å². The molecule has 162 valence electrons. The van der Waals surface area contributed by atoms with Crippen molar-refractivity contribution in [2.24, 2.45) is 0 Å². The number of halogens is 5. The zero-order valence-corrected chi connectivity index (χ0v) is 17.1. The van der Waals surface area contributed by atoms with E-state index in [1.54, 1.807) is 6.92 Å². The molecule has 2 aromatic carbocycles. The summed E-state index contributed by atoms with van der Waals surface area (Å²) >= 11 is 5.89. The Labute approximate surface area is 179 Å². The van der Waals surface area contributed by atoms with Crippen LogP contribution in [0.2, 0.25) is 5.02 Å². The molecule has 0 atom stereocenters. The summed E-state index contributed by atoms with van der Waals surface area (Å²) in [5, 5.41) is 10.2. The maximum atomic E-state index is 14.6. The molecule has 0 amide bonds. The summed E-state index contributed by atoms with van der Waals surface area (Å²) in [6, 6.07) is 7.78. The van der Waals surface area contributed by atoms with Crippen molar-refractivity contribution in [1.82, 2.24) is 4.57 Å². The maximum Gasteiger partial charge on any atom is 0.416 e. The normalized spacial score (nSPS) is 11.6. The Hall–Kier alpha value is -3.13. The number of aromatic carboxylic acids is 1. The zero-order valence-electron chi connectivity index (χ0n) is 16.3. The molecule has 0 unspecified atom stereocenters. The Morgan fingerprint density at radius 3 is 2.26 bits per heavy atom. The first kappa shape index (κ1) is 22.6. The highest BCUT2D eigenvalue weighted by Crippen LogP contribution is 2.35. The van der Waals surface area contributed by atoms with Crippen LogP contribution in [0, 0.1) is 12.7 Å². The second-order valence-electron chi connectivity index (χ2n) is 6.76. The molecule has 0 radical (unpaired) electrons. The number of nitrogens with zero attached hydrogens (tertiary/aromatic N) is 1. The van der Waals surface area contributed by atoms with Crippen molar-refractivity contribution in [3.8, 4) is 22.4 Å². The van der Waals surface area contributed by atoms with Gasteiger partial charge in [0.25, 0.3) is 0 Å². The highest BCUT2D eigenvalue weighted by molar-refractivity contribution is 6.30. The van der Waals surface area contributed by atoms with Crippen LogP contribution in [-0.4, -0.2) is 15.6 Å². The van der Waals surface area contributed by atoms with E-state index in [9.17, 15) is 32.3 Å². The lowest BCUT2D eigenvalue weighted by Crippen LogP contribution is -2.25. The van der Waals surface area contributed by atoms with Crippen LogP contribution in [0.3, 0.4) is 0 Å². The third kappa shape index (κ3) is 4.07. The minimum absolute atomic E-state index is 0.0605. The van der Waals surface area contributed by atoms with Gasteiger partial charge in [0.15, 0.2) is 0 Å². The van der Waals surface area contributed by atoms with Gasteiger partial charge in [-0.1, -0.05) is 23.7 Å². The lowest BCUT2D eigenvalue weighted by molar-refractivity contribution is -0.137. The molecule has 3 aromatic rings. The van der Waals surface area contributed by atoms with Gasteiger partial charge in [-0.25, -0.2) is 9.18 Å². The molecule has 0 aliphatic rings. The molecular weight excluding hydrogens is 438 g/mol. The highest BCUT2D eigenvalue weighted by Gasteiger charge is 2.33. The fourth-order valence-corrected chi connectivity index (χ4v) is 3.67. The third-order valence-electron chi connectivity index (χ3n) is 4.94. The number of pyridine rings is 1. The number of carbonyl (C=O) groups is 1. The molecule has 4 nitrogen and oxygen atoms in total. The van der Waals surface area contributed by atoms with Gasteiger partial charge in [0, 0.05) is 22.8 Å². The molecule has 0 spiro atoms. The molecule has 0 saturated carbocycles. The van der Waals surface area contributed by atoms with Gasteiger partial charge in [0.1, 0.15) is 11.4 Å². The quantitative estimate of drug-likeness (QED) is 0.491. The molecule has 0 aliphatic carbocycles. The lowest BCUT2D eigenvalue weighted by Gasteiger charge is -2.21. The molecular formula is C22H16ClF4NO3. The van der Waals surface area contributed by atoms with Gasteiger partial charge < -0.3 is 9.67 Å². The van der Waals surface area contributed by atoms with E-state index in [4.69, 9.17) is 11.6 Å². The van der Waals surface area contributed by atoms with Gasteiger partial charge in [-0.2, -0.15) is 13.2 Å². The van der Waals surface area contributed by atoms with Crippen LogP contribution in [0.15, 0.2) is 47.3 Å². The zero-order chi connectivity index (χ0) is 23.1. The predicted octanol–water partition coefficient (Wildman–Crippen LogP) is 6.02. The third-order valence-corrected chi connectivity index (χ3v) is 5.19. The van der Waals surface area contributed by atoms with E-state index in [1.165, 1.54) is 35.8 Å². The van der Waals surface area contributed by atoms with Crippen molar-refractivity contribution in [1.29, 1.82) is 0 Å². The molecule has 9 heteroatoms. The van der Waals surface area contributed by atoms with Gasteiger partial charge >= 0.3 is 12.1 Å². The molecule has 3 rings (SSSR count). The van der Waals surface area contributed by atoms with E-state index in [-0.39, 0.29) is 17.9 Å². The first-order valence-electron chi connectivity index (χ1n) is 9.11. The van der Waals surface area contributed by atoms with E-state index < -0.39 is 45.6 Å². The largest absolute Gasteiger partial charge is 0.477 e. The Bertz CT molecular complexity index is 1230. The number of aromatic nitrogens is 1. The van der Waals surface area contributed by atoms with Crippen molar-refractivity contribution in [2.45, 2.75) is 26.6 Å². The van der Waals surface area contributed by atoms with Crippen LogP contribution in [0.4, 0.5) is 17.6 Å². The van der Waals surface area contributed by atoms with Crippen molar-refractivity contribution < 1.29 is 27.5 Å². The van der Waals surface area contributed by atoms with Gasteiger partial charge in [0.05, 0.1) is 16.8 Å². The van der Waals surface area contributed by atoms with E-state index in [1.807, 2.05) is 0 Å². The summed E-state index contributed by atoms with van der Waals surface area (Å²) in [5.74, 6) is -2.64. The minimum atomic E-state index is -4.76. The number of rotatable bonds is 4. The van der Waals surface area contributed by atoms with E-state index in [2.05, 4.69) is 0 Å². The summed E-state index contributed by atoms with van der Waals surface area (Å²) in [5.41, 5.74) is -3.35. The summed E-state index contributed by atoms with van der Waals surface area (Å²) in [6.45, 7) is 3.29. The van der Waals surface area contributed by atoms with Crippen LogP contribution < -0.4 is 5.43 Å². The number of carboxylic acid groups (broad SMARTS) is 1. The average Bonchev–Trinajstić information content (AvgIpc) is 2.68. The highest BCUT2D eigenvalue weighted by atomic mass is 35.5. The first-order chi connectivity index (χ1) is 14.5. The molecule has 1 N–H and O–H groups in total. The molecule has 0 bridgehead atoms. The summed E-state index contributed by atoms with van der Waals surface area (Å²) < 4.78 is 55.6. The second kappa shape index (κ2) is 8.19. The fraction of sp³-hybridized carbons (Fsp3) is 0.182. The van der Waals surface area contributed by atoms with Crippen LogP contribution in [-0.2, 0) is 12.7 Å². The van der Waals surface area contributed by atoms with Crippen molar-refractivity contribution in [3.05, 3.63) is 80.3 Å². The molecule has 31 heavy (non-hydrogen) atoms. The Kier molecular flexibility index (Phi) is 5.96. The lowest BCUT2D eigenvalue weighted by atomic mass is 9.95. The fourth-order valence-electron chi connectivity index (χ4n) is 3.55. The van der Waals surface area contributed by atoms with Gasteiger partial charge in [-0.15, -0.1) is 0 Å². The number of carboxylic acids is 1. The van der Waals surface area contributed by atoms with Crippen LogP contribution in [0.5, 0.6) is 0 Å². The summed E-state index contributed by atoms with van der Waals surface area (Å²) in [7, 11) is 0. The Morgan fingerprint density at radius 1 is 1.13 bits per heavy atom. The van der Waals surface area contributed by atoms with Crippen LogP contribution in [0.25, 0.3) is 22.4 Å². The predicted molar refractivity (Wildman–Crippen MR) is 109 cm³/mol. The van der Waals surface area contributed by atoms with Crippen LogP contribution >= 0.6 is 11.6 Å². The topological polar surface area (TPSA) is 59.3 Å². The molecule has 0 fully saturated rings. The maximum absolute atomic E-state index is 14.6. The van der Waals surface area contributed by atoms with E-state index >= 15 is 0 Å². The first-order valence-corrected chi connectivity index (χ1v) is 9.48. The Balaban J connectivity index is 2.46. The van der Waals surface area contributed by atoms with Gasteiger partial charge in [-0.3, -0.25) is 4.79 Å². The SMILES string of the molecule is CCn1c(C)c(-c2cc(C(F)(F)F)ccc2F)c(=O)c(C(=O)O)c1-c1ccc(Cl)cc1. The molecule has 1 heterocycles. The Morgan fingerprint density at radius 2 is 1.74 bits per heavy atom. The monoisotopic (exact) mass is 453 g/mol. The standard InChI is InChI=1S/C22H16ClF4NO3/c1-3-28-11(2)17(15-10-13(22(25,26)27)6-9-16(15)24)20(29)18(21(30)31)19(28)12-4-7-14(23)8-5-12/h4-10H,3H2,1-2H3,(H,30,31). The van der Waals surface area contributed by atoms with Crippen molar-refractivity contribution in [3.63, 3.8) is 0 Å². The van der Waals surface area contributed by atoms with Gasteiger partial charge in [0.2, 0.25) is 5.43 Å². The minimum Gasteiger partial charge on any atom is -0.477 e. The molecule has 1 aromatic heterocycles. The number of alkyl halides is 3. The van der Waals surface area contributed by atoms with Crippen LogP contribution in [0.1, 0.15) is 28.5 Å². The molecule has 0 aliphatic heterocycles. The molecule has 0 saturated heterocycles. The van der Waals surface area contributed by atoms with Gasteiger partial charge in [-0.05, 0) is 49.7 Å². The summed E-state index contributed by atoms with van der Waals surface area (Å²) in [6.07, 6.45) is -4.76. The summed E-state index contributed by atoms with van der Waals surface area (Å²) in [4.78, 5) is 25.2. The number of benzene rings is 2. The smallest absolute Gasteiger partial charge is 0.416 e. The average molecular weight is 454 g/mol.